The SMILES string of the molecule is CSCC[C@H](NC(=O)C1CCCCC1)C(=O)Nc1ccc(Br)c(C)c1. The van der Waals surface area contributed by atoms with E-state index in [9.17, 15) is 9.59 Å². The Balaban J connectivity index is 2.00. The predicted molar refractivity (Wildman–Crippen MR) is 109 cm³/mol. The second-order valence-electron chi connectivity index (χ2n) is 6.63. The molecule has 0 aliphatic heterocycles. The van der Waals surface area contributed by atoms with Gasteiger partial charge >= 0.3 is 0 Å². The quantitative estimate of drug-likeness (QED) is 0.673. The third-order valence-electron chi connectivity index (χ3n) is 4.65. The van der Waals surface area contributed by atoms with Gasteiger partial charge in [-0.05, 0) is 62.0 Å². The van der Waals surface area contributed by atoms with Crippen molar-refractivity contribution < 1.29 is 9.59 Å². The molecule has 1 aromatic carbocycles. The molecule has 6 heteroatoms. The lowest BCUT2D eigenvalue weighted by Gasteiger charge is -2.24. The number of halogens is 1. The maximum absolute atomic E-state index is 12.7. The molecule has 0 saturated heterocycles. The van der Waals surface area contributed by atoms with Crippen molar-refractivity contribution >= 4 is 45.2 Å². The van der Waals surface area contributed by atoms with Gasteiger partial charge in [-0.2, -0.15) is 11.8 Å². The monoisotopic (exact) mass is 426 g/mol. The van der Waals surface area contributed by atoms with E-state index in [1.807, 2.05) is 31.4 Å². The minimum atomic E-state index is -0.481. The molecule has 2 rings (SSSR count). The molecule has 1 saturated carbocycles. The standard InChI is InChI=1S/C19H27BrN2O2S/c1-13-12-15(8-9-16(13)20)21-19(24)17(10-11-25-2)22-18(23)14-6-4-3-5-7-14/h8-9,12,14,17H,3-7,10-11H2,1-2H3,(H,21,24)(H,22,23)/t17-/m0/s1. The maximum Gasteiger partial charge on any atom is 0.246 e. The summed E-state index contributed by atoms with van der Waals surface area (Å²) in [6, 6.07) is 5.23. The number of hydrogen-bond donors (Lipinski definition) is 2. The van der Waals surface area contributed by atoms with Gasteiger partial charge in [0.2, 0.25) is 11.8 Å². The average molecular weight is 427 g/mol. The van der Waals surface area contributed by atoms with Crippen molar-refractivity contribution in [3.63, 3.8) is 0 Å². The fourth-order valence-electron chi connectivity index (χ4n) is 3.11. The van der Waals surface area contributed by atoms with Crippen molar-refractivity contribution in [1.82, 2.24) is 5.32 Å². The first-order valence-electron chi connectivity index (χ1n) is 8.87. The maximum atomic E-state index is 12.7. The molecule has 0 bridgehead atoms. The molecule has 25 heavy (non-hydrogen) atoms. The van der Waals surface area contributed by atoms with Crippen molar-refractivity contribution in [1.29, 1.82) is 0 Å². The van der Waals surface area contributed by atoms with Crippen molar-refractivity contribution in [3.05, 3.63) is 28.2 Å². The first-order valence-corrected chi connectivity index (χ1v) is 11.1. The van der Waals surface area contributed by atoms with Crippen molar-refractivity contribution in [2.45, 2.75) is 51.5 Å². The first-order chi connectivity index (χ1) is 12.0. The molecule has 0 unspecified atom stereocenters. The number of aryl methyl sites for hydroxylation is 1. The summed E-state index contributed by atoms with van der Waals surface area (Å²) in [5.74, 6) is 0.795. The Hall–Kier alpha value is -1.01. The Bertz CT molecular complexity index is 603. The van der Waals surface area contributed by atoms with Crippen LogP contribution >= 0.6 is 27.7 Å². The zero-order valence-electron chi connectivity index (χ0n) is 14.9. The molecule has 1 atom stereocenters. The number of carbonyl (C=O) groups excluding carboxylic acids is 2. The molecule has 2 N–H and O–H groups in total. The number of benzene rings is 1. The summed E-state index contributed by atoms with van der Waals surface area (Å²) in [5.41, 5.74) is 1.82. The first kappa shape index (κ1) is 20.3. The number of nitrogens with one attached hydrogen (secondary N) is 2. The summed E-state index contributed by atoms with van der Waals surface area (Å²) >= 11 is 5.15. The van der Waals surface area contributed by atoms with Crippen LogP contribution in [0.25, 0.3) is 0 Å². The molecule has 0 heterocycles. The number of anilines is 1. The summed E-state index contributed by atoms with van der Waals surface area (Å²) in [6.45, 7) is 1.98. The van der Waals surface area contributed by atoms with E-state index in [0.29, 0.717) is 6.42 Å². The smallest absolute Gasteiger partial charge is 0.246 e. The number of carbonyl (C=O) groups is 2. The van der Waals surface area contributed by atoms with Crippen LogP contribution in [0.3, 0.4) is 0 Å². The fourth-order valence-corrected chi connectivity index (χ4v) is 3.83. The summed E-state index contributed by atoms with van der Waals surface area (Å²) in [6.07, 6.45) is 7.96. The second kappa shape index (κ2) is 10.2. The van der Waals surface area contributed by atoms with Gasteiger partial charge < -0.3 is 10.6 Å². The summed E-state index contributed by atoms with van der Waals surface area (Å²) in [7, 11) is 0. The van der Waals surface area contributed by atoms with Crippen LogP contribution in [0.15, 0.2) is 22.7 Å². The van der Waals surface area contributed by atoms with Crippen LogP contribution in [0.2, 0.25) is 0 Å². The predicted octanol–water partition coefficient (Wildman–Crippen LogP) is 4.51. The Labute approximate surface area is 163 Å². The average Bonchev–Trinajstić information content (AvgIpc) is 2.62. The lowest BCUT2D eigenvalue weighted by Crippen LogP contribution is -2.46. The van der Waals surface area contributed by atoms with Crippen molar-refractivity contribution in [2.75, 3.05) is 17.3 Å². The molecule has 1 aromatic rings. The van der Waals surface area contributed by atoms with Gasteiger partial charge in [0.1, 0.15) is 6.04 Å². The van der Waals surface area contributed by atoms with Gasteiger partial charge in [-0.25, -0.2) is 0 Å². The molecule has 138 valence electrons. The molecule has 2 amide bonds. The lowest BCUT2D eigenvalue weighted by atomic mass is 9.88. The lowest BCUT2D eigenvalue weighted by molar-refractivity contribution is -0.130. The molecule has 1 aliphatic rings. The molecular weight excluding hydrogens is 400 g/mol. The highest BCUT2D eigenvalue weighted by atomic mass is 79.9. The molecule has 0 aromatic heterocycles. The molecule has 4 nitrogen and oxygen atoms in total. The van der Waals surface area contributed by atoms with Crippen molar-refractivity contribution in [3.8, 4) is 0 Å². The van der Waals surface area contributed by atoms with Gasteiger partial charge in [-0.15, -0.1) is 0 Å². The third-order valence-corrected chi connectivity index (χ3v) is 6.18. The van der Waals surface area contributed by atoms with Gasteiger partial charge in [0, 0.05) is 16.1 Å². The highest BCUT2D eigenvalue weighted by Gasteiger charge is 2.26. The summed E-state index contributed by atoms with van der Waals surface area (Å²) < 4.78 is 1.01. The Morgan fingerprint density at radius 3 is 2.64 bits per heavy atom. The highest BCUT2D eigenvalue weighted by molar-refractivity contribution is 9.10. The number of amides is 2. The van der Waals surface area contributed by atoms with Gasteiger partial charge in [-0.3, -0.25) is 9.59 Å². The second-order valence-corrected chi connectivity index (χ2v) is 8.47. The van der Waals surface area contributed by atoms with Crippen molar-refractivity contribution in [2.24, 2.45) is 5.92 Å². The Kier molecular flexibility index (Phi) is 8.30. The van der Waals surface area contributed by atoms with E-state index in [4.69, 9.17) is 0 Å². The number of thioether (sulfide) groups is 1. The zero-order valence-corrected chi connectivity index (χ0v) is 17.3. The highest BCUT2D eigenvalue weighted by Crippen LogP contribution is 2.24. The van der Waals surface area contributed by atoms with E-state index in [0.717, 1.165) is 47.2 Å². The van der Waals surface area contributed by atoms with E-state index in [1.165, 1.54) is 6.42 Å². The van der Waals surface area contributed by atoms with Crippen LogP contribution in [-0.4, -0.2) is 29.9 Å². The number of rotatable bonds is 7. The topological polar surface area (TPSA) is 58.2 Å². The van der Waals surface area contributed by atoms with Gasteiger partial charge in [0.25, 0.3) is 0 Å². The fraction of sp³-hybridized carbons (Fsp3) is 0.579. The minimum Gasteiger partial charge on any atom is -0.344 e. The van der Waals surface area contributed by atoms with E-state index in [-0.39, 0.29) is 17.7 Å². The van der Waals surface area contributed by atoms with Crippen LogP contribution in [0.5, 0.6) is 0 Å². The van der Waals surface area contributed by atoms with Crippen LogP contribution in [0, 0.1) is 12.8 Å². The van der Waals surface area contributed by atoms with Crippen LogP contribution in [0.1, 0.15) is 44.1 Å². The van der Waals surface area contributed by atoms with Crippen LogP contribution in [0.4, 0.5) is 5.69 Å². The van der Waals surface area contributed by atoms with E-state index < -0.39 is 6.04 Å². The van der Waals surface area contributed by atoms with E-state index >= 15 is 0 Å². The molecule has 1 aliphatic carbocycles. The third kappa shape index (κ3) is 6.33. The summed E-state index contributed by atoms with van der Waals surface area (Å²) in [4.78, 5) is 25.2. The molecule has 1 fully saturated rings. The zero-order chi connectivity index (χ0) is 18.2. The molecule has 0 spiro atoms. The Morgan fingerprint density at radius 2 is 2.00 bits per heavy atom. The van der Waals surface area contributed by atoms with E-state index in [2.05, 4.69) is 26.6 Å². The summed E-state index contributed by atoms with van der Waals surface area (Å²) in [5, 5.41) is 5.94. The molecular formula is C19H27BrN2O2S. The van der Waals surface area contributed by atoms with Gasteiger partial charge in [0.15, 0.2) is 0 Å². The largest absolute Gasteiger partial charge is 0.344 e. The van der Waals surface area contributed by atoms with Gasteiger partial charge in [-0.1, -0.05) is 35.2 Å². The number of hydrogen-bond acceptors (Lipinski definition) is 3. The normalized spacial score (nSPS) is 16.3. The van der Waals surface area contributed by atoms with Gasteiger partial charge in [0.05, 0.1) is 0 Å². The van der Waals surface area contributed by atoms with Crippen LogP contribution in [-0.2, 0) is 9.59 Å². The Morgan fingerprint density at radius 1 is 1.28 bits per heavy atom. The minimum absolute atomic E-state index is 0.0351. The molecule has 0 radical (unpaired) electrons. The van der Waals surface area contributed by atoms with Crippen LogP contribution < -0.4 is 10.6 Å². The van der Waals surface area contributed by atoms with E-state index in [1.54, 1.807) is 11.8 Å².